The number of aromatic hydroxyl groups is 1. The van der Waals surface area contributed by atoms with Crippen molar-refractivity contribution in [3.05, 3.63) is 29.8 Å². The monoisotopic (exact) mass is 402 g/mol. The number of carbonyl (C=O) groups excluding carboxylic acids is 2. The van der Waals surface area contributed by atoms with E-state index in [-0.39, 0.29) is 23.4 Å². The first-order chi connectivity index (χ1) is 14.0. The van der Waals surface area contributed by atoms with Crippen molar-refractivity contribution in [1.29, 1.82) is 0 Å². The Hall–Kier alpha value is -1.92. The third kappa shape index (κ3) is 6.54. The van der Waals surface area contributed by atoms with Gasteiger partial charge in [-0.15, -0.1) is 0 Å². The number of carbonyl (C=O) groups is 2. The molecule has 1 aliphatic carbocycles. The molecule has 2 aliphatic rings. The zero-order chi connectivity index (χ0) is 20.6. The first-order valence-corrected chi connectivity index (χ1v) is 11.0. The van der Waals surface area contributed by atoms with Gasteiger partial charge in [0.05, 0.1) is 19.3 Å². The van der Waals surface area contributed by atoms with Gasteiger partial charge >= 0.3 is 0 Å². The number of phenolic OH excluding ortho intramolecular Hbond substituents is 1. The van der Waals surface area contributed by atoms with Crippen LogP contribution in [-0.4, -0.2) is 60.6 Å². The minimum atomic E-state index is -0.00950. The molecule has 0 bridgehead atoms. The third-order valence-electron chi connectivity index (χ3n) is 6.27. The lowest BCUT2D eigenvalue weighted by Crippen LogP contribution is -2.43. The minimum absolute atomic E-state index is 0.00950. The predicted octanol–water partition coefficient (Wildman–Crippen LogP) is 3.00. The average molecular weight is 403 g/mol. The van der Waals surface area contributed by atoms with Crippen LogP contribution in [0.1, 0.15) is 55.8 Å². The molecule has 0 aromatic heterocycles. The Kier molecular flexibility index (Phi) is 8.07. The van der Waals surface area contributed by atoms with Crippen molar-refractivity contribution in [2.75, 3.05) is 32.8 Å². The Morgan fingerprint density at radius 2 is 1.79 bits per heavy atom. The second-order valence-corrected chi connectivity index (χ2v) is 8.48. The van der Waals surface area contributed by atoms with Crippen LogP contribution >= 0.6 is 0 Å². The maximum Gasteiger partial charge on any atom is 0.234 e. The highest BCUT2D eigenvalue weighted by Crippen LogP contribution is 2.26. The van der Waals surface area contributed by atoms with Crippen molar-refractivity contribution >= 4 is 11.7 Å². The van der Waals surface area contributed by atoms with Crippen molar-refractivity contribution in [1.82, 2.24) is 10.2 Å². The van der Waals surface area contributed by atoms with Crippen LogP contribution in [0.25, 0.3) is 0 Å². The number of nitrogens with one attached hydrogen (secondary N) is 1. The molecule has 1 aromatic carbocycles. The summed E-state index contributed by atoms with van der Waals surface area (Å²) in [5.74, 6) is 0.924. The van der Waals surface area contributed by atoms with Crippen LogP contribution in [0.3, 0.4) is 0 Å². The molecule has 0 radical (unpaired) electrons. The molecule has 2 fully saturated rings. The summed E-state index contributed by atoms with van der Waals surface area (Å²) in [6.45, 7) is 5.25. The zero-order valence-corrected chi connectivity index (χ0v) is 17.4. The first kappa shape index (κ1) is 21.8. The van der Waals surface area contributed by atoms with Gasteiger partial charge in [-0.25, -0.2) is 0 Å². The summed E-state index contributed by atoms with van der Waals surface area (Å²) in [7, 11) is 0. The molecule has 1 aliphatic heterocycles. The quantitative estimate of drug-likeness (QED) is 0.516. The van der Waals surface area contributed by atoms with E-state index in [1.54, 1.807) is 24.3 Å². The van der Waals surface area contributed by atoms with E-state index >= 15 is 0 Å². The summed E-state index contributed by atoms with van der Waals surface area (Å²) in [6.07, 6.45) is 6.77. The molecule has 1 aromatic rings. The molecule has 1 saturated heterocycles. The van der Waals surface area contributed by atoms with E-state index in [4.69, 9.17) is 4.74 Å². The highest BCUT2D eigenvalue weighted by molar-refractivity contribution is 5.98. The number of hydrogen-bond acceptors (Lipinski definition) is 5. The van der Waals surface area contributed by atoms with Gasteiger partial charge in [0.25, 0.3) is 0 Å². The molecule has 3 rings (SSSR count). The lowest BCUT2D eigenvalue weighted by Gasteiger charge is -2.31. The lowest BCUT2D eigenvalue weighted by molar-refractivity contribution is -0.123. The van der Waals surface area contributed by atoms with Gasteiger partial charge in [0.15, 0.2) is 5.78 Å². The number of rotatable bonds is 8. The minimum Gasteiger partial charge on any atom is -0.508 e. The van der Waals surface area contributed by atoms with Crippen LogP contribution in [0.15, 0.2) is 24.3 Å². The number of phenols is 1. The van der Waals surface area contributed by atoms with Crippen LogP contribution in [0.4, 0.5) is 0 Å². The topological polar surface area (TPSA) is 78.9 Å². The number of Topliss-reactive ketones (excluding diaryl/α,β-unsaturated/α-hetero) is 1. The Morgan fingerprint density at radius 3 is 2.48 bits per heavy atom. The summed E-state index contributed by atoms with van der Waals surface area (Å²) in [5.41, 5.74) is 0.645. The number of ether oxygens (including phenoxy) is 1. The molecule has 1 heterocycles. The molecular weight excluding hydrogens is 368 g/mol. The molecule has 0 spiro atoms. The molecule has 1 saturated carbocycles. The van der Waals surface area contributed by atoms with Crippen LogP contribution in [0, 0.1) is 11.8 Å². The van der Waals surface area contributed by atoms with E-state index in [0.29, 0.717) is 37.3 Å². The number of piperidine rings is 1. The van der Waals surface area contributed by atoms with Crippen LogP contribution in [0.5, 0.6) is 5.75 Å². The standard InChI is InChI=1S/C23H34N2O4/c1-17-4-2-3-5-21(17)29-15-12-24-22(27)16-25-13-10-19(11-14-25)23(28)18-6-8-20(26)9-7-18/h6-9,17,19,21,26H,2-5,10-16H2,1H3,(H,24,27). The number of benzene rings is 1. The first-order valence-electron chi connectivity index (χ1n) is 11.0. The summed E-state index contributed by atoms with van der Waals surface area (Å²) in [4.78, 5) is 26.9. The molecule has 29 heavy (non-hydrogen) atoms. The molecule has 6 nitrogen and oxygen atoms in total. The van der Waals surface area contributed by atoms with E-state index in [2.05, 4.69) is 17.1 Å². The number of likely N-dealkylation sites (tertiary alicyclic amines) is 1. The summed E-state index contributed by atoms with van der Waals surface area (Å²) >= 11 is 0. The van der Waals surface area contributed by atoms with Gasteiger partial charge in [-0.05, 0) is 69.0 Å². The van der Waals surface area contributed by atoms with Crippen molar-refractivity contribution in [3.8, 4) is 5.75 Å². The van der Waals surface area contributed by atoms with E-state index in [9.17, 15) is 14.7 Å². The van der Waals surface area contributed by atoms with Gasteiger partial charge in [-0.1, -0.05) is 19.8 Å². The third-order valence-corrected chi connectivity index (χ3v) is 6.27. The van der Waals surface area contributed by atoms with E-state index in [1.807, 2.05) is 0 Å². The summed E-state index contributed by atoms with van der Waals surface area (Å²) < 4.78 is 5.94. The Balaban J connectivity index is 1.31. The van der Waals surface area contributed by atoms with Gasteiger partial charge in [0.2, 0.25) is 5.91 Å². The van der Waals surface area contributed by atoms with Gasteiger partial charge in [-0.3, -0.25) is 14.5 Å². The summed E-state index contributed by atoms with van der Waals surface area (Å²) in [6, 6.07) is 6.44. The van der Waals surface area contributed by atoms with Crippen molar-refractivity contribution in [2.45, 2.75) is 51.6 Å². The molecule has 1 amide bonds. The second kappa shape index (κ2) is 10.7. The molecule has 2 N–H and O–H groups in total. The Labute approximate surface area is 173 Å². The van der Waals surface area contributed by atoms with Crippen LogP contribution in [-0.2, 0) is 9.53 Å². The molecular formula is C23H34N2O4. The maximum atomic E-state index is 12.6. The number of hydrogen-bond donors (Lipinski definition) is 2. The molecule has 6 heteroatoms. The van der Waals surface area contributed by atoms with Crippen LogP contribution in [0.2, 0.25) is 0 Å². The van der Waals surface area contributed by atoms with Crippen molar-refractivity contribution < 1.29 is 19.4 Å². The number of ketones is 1. The van der Waals surface area contributed by atoms with E-state index in [0.717, 1.165) is 32.4 Å². The maximum absolute atomic E-state index is 12.6. The van der Waals surface area contributed by atoms with E-state index < -0.39 is 0 Å². The second-order valence-electron chi connectivity index (χ2n) is 8.48. The van der Waals surface area contributed by atoms with Gasteiger partial charge in [-0.2, -0.15) is 0 Å². The Morgan fingerprint density at radius 1 is 1.10 bits per heavy atom. The normalized spacial score (nSPS) is 23.6. The fraction of sp³-hybridized carbons (Fsp3) is 0.652. The van der Waals surface area contributed by atoms with Gasteiger partial charge < -0.3 is 15.2 Å². The number of nitrogens with zero attached hydrogens (tertiary/aromatic N) is 1. The predicted molar refractivity (Wildman–Crippen MR) is 112 cm³/mol. The smallest absolute Gasteiger partial charge is 0.234 e. The summed E-state index contributed by atoms with van der Waals surface area (Å²) in [5, 5.41) is 12.3. The fourth-order valence-electron chi connectivity index (χ4n) is 4.40. The fourth-order valence-corrected chi connectivity index (χ4v) is 4.40. The molecule has 160 valence electrons. The van der Waals surface area contributed by atoms with Crippen molar-refractivity contribution in [2.24, 2.45) is 11.8 Å². The van der Waals surface area contributed by atoms with Gasteiger partial charge in [0, 0.05) is 18.0 Å². The highest BCUT2D eigenvalue weighted by Gasteiger charge is 2.26. The van der Waals surface area contributed by atoms with Crippen LogP contribution < -0.4 is 5.32 Å². The lowest BCUT2D eigenvalue weighted by atomic mass is 9.88. The largest absolute Gasteiger partial charge is 0.508 e. The highest BCUT2D eigenvalue weighted by atomic mass is 16.5. The number of amides is 1. The molecule has 2 unspecified atom stereocenters. The molecule has 2 atom stereocenters. The van der Waals surface area contributed by atoms with E-state index in [1.165, 1.54) is 19.3 Å². The van der Waals surface area contributed by atoms with Crippen molar-refractivity contribution in [3.63, 3.8) is 0 Å². The zero-order valence-electron chi connectivity index (χ0n) is 17.4. The Bertz CT molecular complexity index is 668. The van der Waals surface area contributed by atoms with Gasteiger partial charge in [0.1, 0.15) is 5.75 Å². The average Bonchev–Trinajstić information content (AvgIpc) is 2.73. The SMILES string of the molecule is CC1CCCCC1OCCNC(=O)CN1CCC(C(=O)c2ccc(O)cc2)CC1.